The minimum absolute atomic E-state index is 0.0243. The van der Waals surface area contributed by atoms with Crippen LogP contribution >= 0.6 is 21.6 Å². The molecule has 0 radical (unpaired) electrons. The van der Waals surface area contributed by atoms with Crippen LogP contribution in [0.5, 0.6) is 5.75 Å². The molecule has 2 heterocycles. The molecule has 10 amide bonds. The molecular formula is C43H67N11O12S2. The van der Waals surface area contributed by atoms with Gasteiger partial charge in [-0.2, -0.15) is 0 Å². The second-order valence-corrected chi connectivity index (χ2v) is 19.1. The number of carbonyl (C=O) groups excluding carboxylic acids is 10. The number of aliphatic hydroxyl groups excluding tert-OH is 1. The molecule has 2 aliphatic heterocycles. The number of nitrogens with two attached hydrogens (primary N) is 3. The summed E-state index contributed by atoms with van der Waals surface area (Å²) in [6.07, 6.45) is -1.05. The van der Waals surface area contributed by atoms with Crippen LogP contribution in [-0.4, -0.2) is 155 Å². The highest BCUT2D eigenvalue weighted by atomic mass is 33.1. The van der Waals surface area contributed by atoms with E-state index in [-0.39, 0.29) is 50.3 Å². The van der Waals surface area contributed by atoms with Crippen LogP contribution in [0.1, 0.15) is 78.2 Å². The predicted octanol–water partition coefficient (Wildman–Crippen LogP) is -3.04. The highest BCUT2D eigenvalue weighted by molar-refractivity contribution is 8.76. The number of ether oxygens (including phenoxy) is 1. The molecule has 0 bridgehead atoms. The lowest BCUT2D eigenvalue weighted by molar-refractivity contribution is -0.142. The summed E-state index contributed by atoms with van der Waals surface area (Å²) >= 11 is 0. The van der Waals surface area contributed by atoms with Crippen molar-refractivity contribution in [3.05, 3.63) is 29.8 Å². The van der Waals surface area contributed by atoms with E-state index in [2.05, 4.69) is 37.2 Å². The van der Waals surface area contributed by atoms with Crippen LogP contribution in [-0.2, 0) is 54.4 Å². The van der Waals surface area contributed by atoms with Crippen LogP contribution in [0.4, 0.5) is 0 Å². The molecule has 3 rings (SSSR count). The maximum Gasteiger partial charge on any atom is 0.246 e. The fourth-order valence-electron chi connectivity index (χ4n) is 7.29. The molecule has 378 valence electrons. The molecule has 0 unspecified atom stereocenters. The van der Waals surface area contributed by atoms with Crippen LogP contribution in [0, 0.1) is 5.92 Å². The van der Waals surface area contributed by atoms with Gasteiger partial charge in [-0.1, -0.05) is 54.0 Å². The Morgan fingerprint density at radius 1 is 0.868 bits per heavy atom. The van der Waals surface area contributed by atoms with E-state index in [1.807, 2.05) is 6.92 Å². The van der Waals surface area contributed by atoms with E-state index in [9.17, 15) is 53.1 Å². The third-order valence-electron chi connectivity index (χ3n) is 11.2. The monoisotopic (exact) mass is 993 g/mol. The number of benzene rings is 1. The lowest BCUT2D eigenvalue weighted by atomic mass is 9.96. The number of aliphatic hydroxyl groups is 1. The fraction of sp³-hybridized carbons (Fsp3) is 0.628. The van der Waals surface area contributed by atoms with Crippen molar-refractivity contribution < 1.29 is 57.8 Å². The topological polar surface area (TPSA) is 366 Å². The lowest BCUT2D eigenvalue weighted by Crippen LogP contribution is -2.63. The van der Waals surface area contributed by atoms with E-state index in [4.69, 9.17) is 21.9 Å². The van der Waals surface area contributed by atoms with E-state index < -0.39 is 126 Å². The molecule has 0 saturated carbocycles. The minimum Gasteiger partial charge on any atom is -0.494 e. The maximum absolute atomic E-state index is 14.4. The molecule has 25 heteroatoms. The molecule has 1 aromatic rings. The summed E-state index contributed by atoms with van der Waals surface area (Å²) in [6, 6.07) is -2.62. The average molecular weight is 994 g/mol. The van der Waals surface area contributed by atoms with Crippen LogP contribution in [0.15, 0.2) is 24.3 Å². The number of rotatable bonds is 18. The first kappa shape index (κ1) is 56.7. The van der Waals surface area contributed by atoms with Gasteiger partial charge in [-0.15, -0.1) is 0 Å². The van der Waals surface area contributed by atoms with E-state index in [1.165, 1.54) is 22.6 Å². The zero-order valence-corrected chi connectivity index (χ0v) is 40.5. The number of likely N-dealkylation sites (tertiary alicyclic amines) is 1. The van der Waals surface area contributed by atoms with Crippen molar-refractivity contribution in [2.45, 2.75) is 127 Å². The van der Waals surface area contributed by atoms with Crippen molar-refractivity contribution in [3.63, 3.8) is 0 Å². The predicted molar refractivity (Wildman–Crippen MR) is 253 cm³/mol. The second kappa shape index (κ2) is 28.6. The Hall–Kier alpha value is -5.66. The summed E-state index contributed by atoms with van der Waals surface area (Å²) in [5.41, 5.74) is 17.0. The first-order valence-electron chi connectivity index (χ1n) is 22.6. The van der Waals surface area contributed by atoms with Gasteiger partial charge in [0.2, 0.25) is 59.1 Å². The Balaban J connectivity index is 1.99. The molecule has 0 aromatic heterocycles. The summed E-state index contributed by atoms with van der Waals surface area (Å²) in [4.78, 5) is 135. The van der Waals surface area contributed by atoms with Crippen molar-refractivity contribution >= 4 is 80.7 Å². The summed E-state index contributed by atoms with van der Waals surface area (Å²) in [5.74, 6) is -8.07. The molecule has 0 spiro atoms. The van der Waals surface area contributed by atoms with Gasteiger partial charge in [-0.05, 0) is 69.7 Å². The molecular weight excluding hydrogens is 927 g/mol. The number of carbonyl (C=O) groups is 10. The van der Waals surface area contributed by atoms with Gasteiger partial charge in [0.15, 0.2) is 0 Å². The Bertz CT molecular complexity index is 1950. The molecule has 23 nitrogen and oxygen atoms in total. The Kier molecular flexibility index (Phi) is 23.8. The molecule has 1 aromatic carbocycles. The highest BCUT2D eigenvalue weighted by Crippen LogP contribution is 2.26. The average Bonchev–Trinajstić information content (AvgIpc) is 3.79. The third kappa shape index (κ3) is 18.1. The number of nitrogens with one attached hydrogen (secondary N) is 7. The highest BCUT2D eigenvalue weighted by Gasteiger charge is 2.41. The van der Waals surface area contributed by atoms with Crippen molar-refractivity contribution in [1.29, 1.82) is 0 Å². The molecule has 2 saturated heterocycles. The second-order valence-electron chi connectivity index (χ2n) is 16.5. The molecule has 2 fully saturated rings. The normalized spacial score (nSPS) is 23.8. The van der Waals surface area contributed by atoms with Crippen LogP contribution in [0.25, 0.3) is 0 Å². The zero-order chi connectivity index (χ0) is 50.5. The molecule has 9 atom stereocenters. The van der Waals surface area contributed by atoms with Gasteiger partial charge in [-0.3, -0.25) is 47.9 Å². The summed E-state index contributed by atoms with van der Waals surface area (Å²) in [5, 5.41) is 28.7. The van der Waals surface area contributed by atoms with Gasteiger partial charge in [0.1, 0.15) is 48.0 Å². The Morgan fingerprint density at radius 2 is 1.53 bits per heavy atom. The van der Waals surface area contributed by atoms with E-state index in [0.29, 0.717) is 37.2 Å². The molecule has 68 heavy (non-hydrogen) atoms. The first-order chi connectivity index (χ1) is 32.3. The number of hydrogen-bond donors (Lipinski definition) is 11. The van der Waals surface area contributed by atoms with Gasteiger partial charge in [0, 0.05) is 30.9 Å². The fourth-order valence-corrected chi connectivity index (χ4v) is 9.44. The quantitative estimate of drug-likeness (QED) is 0.0652. The molecule has 0 aliphatic carbocycles. The Morgan fingerprint density at radius 3 is 2.15 bits per heavy atom. The molecule has 14 N–H and O–H groups in total. The minimum atomic E-state index is -1.74. The summed E-state index contributed by atoms with van der Waals surface area (Å²) < 4.78 is 5.53. The largest absolute Gasteiger partial charge is 0.494 e. The SMILES string of the molecule is CCOc1ccc(C[C@H]2NC(=O)CCSSC[C@@H](C(=O)N3CCC[C@H]3C(=O)N[C@@H](CCCN)C(=O)NCC(N)=O)NC(=O)[C@H](CC(N)=O)NC(=O)[C@H]([C@@H](C)O)NC(=O)[C@H]([C@H](C)CC)NC2=O)cc1. The summed E-state index contributed by atoms with van der Waals surface area (Å²) in [6.45, 7) is 6.72. The number of primary amides is 2. The van der Waals surface area contributed by atoms with Gasteiger partial charge in [0.05, 0.1) is 25.7 Å². The van der Waals surface area contributed by atoms with E-state index in [0.717, 1.165) is 10.8 Å². The van der Waals surface area contributed by atoms with Crippen LogP contribution in [0.2, 0.25) is 0 Å². The standard InChI is InChI=1S/C43H67N11O12S2/c1-5-23(3)35-41(63)53-36(24(4)55)42(64)50-29(20-32(45)56)38(60)51-30(43(65)54-17-8-10-31(54)40(62)49-27(9-7-16-44)37(59)47-21-33(46)57)22-68-67-18-15-34(58)48-28(39(61)52-35)19-25-11-13-26(14-12-25)66-6-2/h11-14,23-24,27-31,35-36,55H,5-10,15-22,44H2,1-4H3,(H2,45,56)(H2,46,57)(H,47,59)(H,48,58)(H,49,62)(H,50,64)(H,51,60)(H,52,61)(H,53,63)/t23-,24-,27+,28-,29+,30+,31+,35+,36+/m1/s1. The van der Waals surface area contributed by atoms with Gasteiger partial charge >= 0.3 is 0 Å². The van der Waals surface area contributed by atoms with Gasteiger partial charge in [-0.25, -0.2) is 0 Å². The number of amides is 10. The first-order valence-corrected chi connectivity index (χ1v) is 25.1. The van der Waals surface area contributed by atoms with Gasteiger partial charge < -0.3 is 69.2 Å². The van der Waals surface area contributed by atoms with Crippen LogP contribution < -0.4 is 59.2 Å². The number of hydrogen-bond acceptors (Lipinski definition) is 15. The number of nitrogens with zero attached hydrogens (tertiary/aromatic N) is 1. The smallest absolute Gasteiger partial charge is 0.246 e. The van der Waals surface area contributed by atoms with Crippen molar-refractivity contribution in [2.75, 3.05) is 37.7 Å². The molecule has 2 aliphatic rings. The third-order valence-corrected chi connectivity index (χ3v) is 13.6. The summed E-state index contributed by atoms with van der Waals surface area (Å²) in [7, 11) is 2.27. The zero-order valence-electron chi connectivity index (χ0n) is 38.8. The van der Waals surface area contributed by atoms with Crippen LogP contribution in [0.3, 0.4) is 0 Å². The van der Waals surface area contributed by atoms with E-state index in [1.54, 1.807) is 38.1 Å². The van der Waals surface area contributed by atoms with Gasteiger partial charge in [0.25, 0.3) is 0 Å². The van der Waals surface area contributed by atoms with Crippen molar-refractivity contribution in [2.24, 2.45) is 23.1 Å². The van der Waals surface area contributed by atoms with Crippen molar-refractivity contribution in [3.8, 4) is 5.75 Å². The van der Waals surface area contributed by atoms with Crippen molar-refractivity contribution in [1.82, 2.24) is 42.1 Å². The Labute approximate surface area is 403 Å². The lowest BCUT2D eigenvalue weighted by Gasteiger charge is -2.31. The van der Waals surface area contributed by atoms with E-state index >= 15 is 0 Å². The maximum atomic E-state index is 14.4.